The third-order valence-electron chi connectivity index (χ3n) is 7.30. The van der Waals surface area contributed by atoms with Crippen molar-refractivity contribution in [2.24, 2.45) is 0 Å². The number of alkyl halides is 1. The lowest BCUT2D eigenvalue weighted by Gasteiger charge is -2.35. The molecule has 2 aromatic carbocycles. The monoisotopic (exact) mass is 559 g/mol. The molecule has 4 aromatic rings. The molecule has 1 amide bonds. The van der Waals surface area contributed by atoms with Gasteiger partial charge in [0, 0.05) is 22.8 Å². The van der Waals surface area contributed by atoms with Crippen molar-refractivity contribution in [2.75, 3.05) is 20.3 Å². The average molecular weight is 560 g/mol. The van der Waals surface area contributed by atoms with E-state index in [1.807, 2.05) is 49.4 Å². The first kappa shape index (κ1) is 26.0. The number of halogens is 1. The fraction of sp³-hybridized carbons (Fsp3) is 0.300. The van der Waals surface area contributed by atoms with Crippen molar-refractivity contribution >= 4 is 29.8 Å². The van der Waals surface area contributed by atoms with Crippen LogP contribution in [-0.4, -0.2) is 56.4 Å². The molecule has 2 atom stereocenters. The number of ether oxygens (including phenoxy) is 3. The van der Waals surface area contributed by atoms with Gasteiger partial charge in [-0.15, -0.1) is 11.6 Å². The number of methoxy groups -OCH3 is 1. The smallest absolute Gasteiger partial charge is 0.416 e. The molecule has 2 unspecified atom stereocenters. The van der Waals surface area contributed by atoms with E-state index in [0.717, 1.165) is 33.8 Å². The number of amides is 1. The van der Waals surface area contributed by atoms with E-state index in [4.69, 9.17) is 25.8 Å². The second-order valence-corrected chi connectivity index (χ2v) is 10.5. The predicted octanol–water partition coefficient (Wildman–Crippen LogP) is 3.72. The van der Waals surface area contributed by atoms with Gasteiger partial charge in [0.15, 0.2) is 11.5 Å². The van der Waals surface area contributed by atoms with Gasteiger partial charge in [-0.3, -0.25) is 4.90 Å². The van der Waals surface area contributed by atoms with Gasteiger partial charge in [0.1, 0.15) is 31.1 Å². The first-order chi connectivity index (χ1) is 19.5. The van der Waals surface area contributed by atoms with Crippen LogP contribution >= 0.6 is 11.6 Å². The maximum atomic E-state index is 13.6. The number of nitrogens with zero attached hydrogens (tertiary/aromatic N) is 4. The van der Waals surface area contributed by atoms with Gasteiger partial charge in [-0.1, -0.05) is 35.9 Å². The normalized spacial score (nSPS) is 17.7. The van der Waals surface area contributed by atoms with E-state index >= 15 is 0 Å². The molecule has 1 aliphatic carbocycles. The van der Waals surface area contributed by atoms with Crippen molar-refractivity contribution in [3.05, 3.63) is 88.1 Å². The van der Waals surface area contributed by atoms with Crippen LogP contribution in [0.5, 0.6) is 17.2 Å². The largest absolute Gasteiger partial charge is 0.493 e. The Kier molecular flexibility index (Phi) is 7.21. The topological polar surface area (TPSA) is 94.5 Å². The van der Waals surface area contributed by atoms with E-state index in [-0.39, 0.29) is 5.38 Å². The van der Waals surface area contributed by atoms with E-state index in [2.05, 4.69) is 27.2 Å². The second-order valence-electron chi connectivity index (χ2n) is 9.91. The molecule has 0 spiro atoms. The maximum absolute atomic E-state index is 13.6. The molecular weight excluding hydrogens is 530 g/mol. The molecule has 9 nitrogen and oxygen atoms in total. The number of rotatable bonds is 7. The van der Waals surface area contributed by atoms with Gasteiger partial charge in [0.25, 0.3) is 0 Å². The molecule has 1 aliphatic heterocycles. The average Bonchev–Trinajstić information content (AvgIpc) is 3.61. The SMILES string of the molecule is COc1ccc(C2c3[nH]c4c(c3CCN2C(=O)Oc2ccc(C)cc2)=CC(Cl)CC=4)cc1OCCn1cncn1. The molecule has 10 heteroatoms. The van der Waals surface area contributed by atoms with Crippen LogP contribution in [0.15, 0.2) is 55.1 Å². The molecule has 40 heavy (non-hydrogen) atoms. The van der Waals surface area contributed by atoms with Gasteiger partial charge in [0.2, 0.25) is 0 Å². The Morgan fingerprint density at radius 1 is 1.18 bits per heavy atom. The number of hydrogen-bond acceptors (Lipinski definition) is 6. The minimum atomic E-state index is -0.425. The number of aromatic amines is 1. The standard InChI is InChI=1S/C30H30ClN5O4/c1-19-3-7-22(8-4-19)40-30(37)36-12-11-23-24-16-21(31)6-9-25(24)34-28(23)29(36)20-5-10-26(38-2)27(15-20)39-14-13-35-18-32-17-33-35/h3-5,7-10,15-18,21,29,34H,6,11-14H2,1-2H3. The zero-order chi connectivity index (χ0) is 27.6. The highest BCUT2D eigenvalue weighted by atomic mass is 35.5. The number of aromatic nitrogens is 4. The summed E-state index contributed by atoms with van der Waals surface area (Å²) >= 11 is 6.49. The van der Waals surface area contributed by atoms with Crippen molar-refractivity contribution < 1.29 is 19.0 Å². The summed E-state index contributed by atoms with van der Waals surface area (Å²) in [5.41, 5.74) is 4.09. The van der Waals surface area contributed by atoms with E-state index in [1.54, 1.807) is 23.0 Å². The zero-order valence-corrected chi connectivity index (χ0v) is 23.1. The highest BCUT2D eigenvalue weighted by Gasteiger charge is 2.36. The number of H-pyrrole nitrogens is 1. The molecule has 0 saturated heterocycles. The van der Waals surface area contributed by atoms with Gasteiger partial charge in [-0.2, -0.15) is 5.10 Å². The third-order valence-corrected chi connectivity index (χ3v) is 7.60. The molecule has 0 bridgehead atoms. The summed E-state index contributed by atoms with van der Waals surface area (Å²) in [4.78, 5) is 23.0. The summed E-state index contributed by atoms with van der Waals surface area (Å²) in [6.45, 7) is 3.39. The number of aryl methyl sites for hydroxylation is 1. The van der Waals surface area contributed by atoms with Crippen LogP contribution in [0.2, 0.25) is 0 Å². The van der Waals surface area contributed by atoms with Crippen LogP contribution in [0.1, 0.15) is 34.8 Å². The molecule has 6 rings (SSSR count). The van der Waals surface area contributed by atoms with E-state index in [0.29, 0.717) is 43.4 Å². The van der Waals surface area contributed by atoms with Crippen LogP contribution in [0, 0.1) is 6.92 Å². The first-order valence-corrected chi connectivity index (χ1v) is 13.7. The molecule has 0 fully saturated rings. The lowest BCUT2D eigenvalue weighted by molar-refractivity contribution is 0.135. The number of hydrogen-bond donors (Lipinski definition) is 1. The highest BCUT2D eigenvalue weighted by Crippen LogP contribution is 2.38. The fourth-order valence-electron chi connectivity index (χ4n) is 5.33. The minimum absolute atomic E-state index is 0.0543. The van der Waals surface area contributed by atoms with Crippen molar-refractivity contribution in [2.45, 2.75) is 37.7 Å². The predicted molar refractivity (Wildman–Crippen MR) is 151 cm³/mol. The van der Waals surface area contributed by atoms with Crippen molar-refractivity contribution in [3.63, 3.8) is 0 Å². The van der Waals surface area contributed by atoms with Crippen LogP contribution in [0.25, 0.3) is 12.2 Å². The van der Waals surface area contributed by atoms with Gasteiger partial charge in [0.05, 0.1) is 19.0 Å². The van der Waals surface area contributed by atoms with E-state index < -0.39 is 12.1 Å². The molecule has 0 radical (unpaired) electrons. The van der Waals surface area contributed by atoms with E-state index in [1.165, 1.54) is 11.9 Å². The molecule has 2 aromatic heterocycles. The Morgan fingerprint density at radius 3 is 2.80 bits per heavy atom. The highest BCUT2D eigenvalue weighted by molar-refractivity contribution is 6.24. The quantitative estimate of drug-likeness (QED) is 0.347. The number of nitrogens with one attached hydrogen (secondary N) is 1. The van der Waals surface area contributed by atoms with Crippen LogP contribution in [0.4, 0.5) is 4.79 Å². The zero-order valence-electron chi connectivity index (χ0n) is 22.3. The Bertz CT molecular complexity index is 1630. The number of carbonyl (C=O) groups is 1. The molecular formula is C30H30ClN5O4. The number of carbonyl (C=O) groups excluding carboxylic acids is 1. The van der Waals surface area contributed by atoms with Crippen molar-refractivity contribution in [1.29, 1.82) is 0 Å². The Balaban J connectivity index is 1.37. The Morgan fingerprint density at radius 2 is 2.02 bits per heavy atom. The maximum Gasteiger partial charge on any atom is 0.416 e. The summed E-state index contributed by atoms with van der Waals surface area (Å²) < 4.78 is 19.3. The fourth-order valence-corrected chi connectivity index (χ4v) is 5.54. The van der Waals surface area contributed by atoms with Crippen LogP contribution < -0.4 is 24.8 Å². The molecule has 2 aliphatic rings. The summed E-state index contributed by atoms with van der Waals surface area (Å²) in [7, 11) is 1.61. The summed E-state index contributed by atoms with van der Waals surface area (Å²) in [5.74, 6) is 1.68. The van der Waals surface area contributed by atoms with Crippen LogP contribution in [0.3, 0.4) is 0 Å². The van der Waals surface area contributed by atoms with Gasteiger partial charge in [-0.05, 0) is 55.2 Å². The molecule has 3 heterocycles. The van der Waals surface area contributed by atoms with Crippen LogP contribution in [-0.2, 0) is 13.0 Å². The lowest BCUT2D eigenvalue weighted by Crippen LogP contribution is -2.43. The van der Waals surface area contributed by atoms with Gasteiger partial charge < -0.3 is 19.2 Å². The summed E-state index contributed by atoms with van der Waals surface area (Å²) in [6, 6.07) is 12.8. The number of benzene rings is 2. The lowest BCUT2D eigenvalue weighted by atomic mass is 9.92. The molecule has 1 N–H and O–H groups in total. The second kappa shape index (κ2) is 11.1. The molecule has 0 saturated carbocycles. The van der Waals surface area contributed by atoms with E-state index in [9.17, 15) is 4.79 Å². The number of fused-ring (bicyclic) bond motifs is 3. The minimum Gasteiger partial charge on any atom is -0.493 e. The van der Waals surface area contributed by atoms with Crippen molar-refractivity contribution in [3.8, 4) is 17.2 Å². The summed E-state index contributed by atoms with van der Waals surface area (Å²) in [6.07, 6.45) is 8.39. The third kappa shape index (κ3) is 5.16. The molecule has 206 valence electrons. The Labute approximate surface area is 236 Å². The van der Waals surface area contributed by atoms with Gasteiger partial charge in [-0.25, -0.2) is 14.5 Å². The summed E-state index contributed by atoms with van der Waals surface area (Å²) in [5, 5.41) is 6.24. The Hall–Kier alpha value is -4.24. The van der Waals surface area contributed by atoms with Crippen molar-refractivity contribution in [1.82, 2.24) is 24.6 Å². The first-order valence-electron chi connectivity index (χ1n) is 13.3. The van der Waals surface area contributed by atoms with Gasteiger partial charge >= 0.3 is 6.09 Å².